The third-order valence-corrected chi connectivity index (χ3v) is 5.65. The minimum Gasteiger partial charge on any atom is -0.368 e. The Kier molecular flexibility index (Phi) is 3.24. The zero-order valence-corrected chi connectivity index (χ0v) is 13.1. The number of aromatic amines is 1. The van der Waals surface area contributed by atoms with Crippen LogP contribution in [0.5, 0.6) is 0 Å². The molecular weight excluding hydrogens is 316 g/mol. The number of nitrogens with zero attached hydrogens (tertiary/aromatic N) is 3. The monoisotopic (exact) mass is 332 g/mol. The molecule has 0 saturated carbocycles. The summed E-state index contributed by atoms with van der Waals surface area (Å²) in [5.74, 6) is 0. The van der Waals surface area contributed by atoms with E-state index in [9.17, 15) is 13.0 Å². The normalized spacial score (nSPS) is 19.5. The highest BCUT2D eigenvalue weighted by molar-refractivity contribution is 7.86. The number of nitrogens with one attached hydrogen (secondary N) is 1. The van der Waals surface area contributed by atoms with Gasteiger partial charge in [0, 0.05) is 47.8 Å². The van der Waals surface area contributed by atoms with Gasteiger partial charge in [0.25, 0.3) is 10.1 Å². The van der Waals surface area contributed by atoms with Gasteiger partial charge < -0.3 is 9.88 Å². The number of fused-ring (bicyclic) bond motifs is 3. The number of rotatable bonds is 2. The van der Waals surface area contributed by atoms with Gasteiger partial charge in [-0.1, -0.05) is 0 Å². The SMILES string of the molecule is O=S(=O)(O)C1CCCN(c2cncc3cnc4[nH]ccc4c23)C1. The lowest BCUT2D eigenvalue weighted by atomic mass is 10.1. The predicted octanol–water partition coefficient (Wildman–Crippen LogP) is 1.97. The molecule has 0 amide bonds. The molecule has 2 N–H and O–H groups in total. The lowest BCUT2D eigenvalue weighted by Crippen LogP contribution is -2.42. The second-order valence-electron chi connectivity index (χ2n) is 5.85. The lowest BCUT2D eigenvalue weighted by molar-refractivity contribution is 0.447. The molecule has 0 aromatic carbocycles. The van der Waals surface area contributed by atoms with E-state index in [1.54, 1.807) is 18.6 Å². The third-order valence-electron chi connectivity index (χ3n) is 4.42. The molecule has 0 radical (unpaired) electrons. The maximum atomic E-state index is 11.5. The van der Waals surface area contributed by atoms with Crippen LogP contribution in [-0.4, -0.2) is 46.3 Å². The van der Waals surface area contributed by atoms with Gasteiger partial charge >= 0.3 is 0 Å². The maximum Gasteiger partial charge on any atom is 0.269 e. The highest BCUT2D eigenvalue weighted by atomic mass is 32.2. The standard InChI is InChI=1S/C15H16N4O3S/c20-23(21,22)11-2-1-5-19(9-11)13-8-16-6-10-7-18-15-12(14(10)13)3-4-17-15/h3-4,6-8,11H,1-2,5,9H2,(H,17,18)(H,20,21,22). The van der Waals surface area contributed by atoms with Crippen LogP contribution in [0.3, 0.4) is 0 Å². The van der Waals surface area contributed by atoms with Crippen molar-refractivity contribution < 1.29 is 13.0 Å². The summed E-state index contributed by atoms with van der Waals surface area (Å²) in [5, 5.41) is 2.13. The van der Waals surface area contributed by atoms with Crippen molar-refractivity contribution in [2.75, 3.05) is 18.0 Å². The Balaban J connectivity index is 1.86. The zero-order chi connectivity index (χ0) is 16.0. The molecule has 4 rings (SSSR count). The zero-order valence-electron chi connectivity index (χ0n) is 12.3. The van der Waals surface area contributed by atoms with Crippen molar-refractivity contribution in [1.29, 1.82) is 0 Å². The predicted molar refractivity (Wildman–Crippen MR) is 88.2 cm³/mol. The quantitative estimate of drug-likeness (QED) is 0.696. The van der Waals surface area contributed by atoms with Crippen molar-refractivity contribution in [1.82, 2.24) is 15.0 Å². The molecular formula is C15H16N4O3S. The molecule has 3 aromatic heterocycles. The molecule has 8 heteroatoms. The van der Waals surface area contributed by atoms with Crippen molar-refractivity contribution >= 4 is 37.6 Å². The van der Waals surface area contributed by atoms with E-state index in [1.165, 1.54) is 0 Å². The van der Waals surface area contributed by atoms with Gasteiger partial charge in [0.2, 0.25) is 0 Å². The number of pyridine rings is 2. The molecule has 0 aliphatic carbocycles. The van der Waals surface area contributed by atoms with E-state index in [0.717, 1.165) is 34.0 Å². The Morgan fingerprint density at radius 3 is 3.00 bits per heavy atom. The summed E-state index contributed by atoms with van der Waals surface area (Å²) in [5.41, 5.74) is 1.66. The van der Waals surface area contributed by atoms with Gasteiger partial charge in [-0.15, -0.1) is 0 Å². The molecule has 1 aliphatic rings. The van der Waals surface area contributed by atoms with E-state index >= 15 is 0 Å². The first-order valence-electron chi connectivity index (χ1n) is 7.45. The summed E-state index contributed by atoms with van der Waals surface area (Å²) in [4.78, 5) is 13.7. The highest BCUT2D eigenvalue weighted by Crippen LogP contribution is 2.33. The molecule has 4 heterocycles. The molecule has 1 aliphatic heterocycles. The smallest absolute Gasteiger partial charge is 0.269 e. The van der Waals surface area contributed by atoms with Crippen LogP contribution in [0.4, 0.5) is 5.69 Å². The fraction of sp³-hybridized carbons (Fsp3) is 0.333. The Morgan fingerprint density at radius 2 is 2.17 bits per heavy atom. The van der Waals surface area contributed by atoms with Gasteiger partial charge in [-0.2, -0.15) is 8.42 Å². The summed E-state index contributed by atoms with van der Waals surface area (Å²) < 4.78 is 32.4. The van der Waals surface area contributed by atoms with Gasteiger partial charge in [0.1, 0.15) is 10.9 Å². The van der Waals surface area contributed by atoms with E-state index < -0.39 is 15.4 Å². The number of anilines is 1. The minimum atomic E-state index is -4.03. The molecule has 1 atom stereocenters. The summed E-state index contributed by atoms with van der Waals surface area (Å²) in [6, 6.07) is 1.96. The molecule has 1 fully saturated rings. The highest BCUT2D eigenvalue weighted by Gasteiger charge is 2.30. The van der Waals surface area contributed by atoms with Gasteiger partial charge in [-0.25, -0.2) is 4.98 Å². The molecule has 3 aromatic rings. The molecule has 23 heavy (non-hydrogen) atoms. The third kappa shape index (κ3) is 2.43. The molecule has 1 saturated heterocycles. The first-order valence-corrected chi connectivity index (χ1v) is 8.95. The Bertz CT molecular complexity index is 983. The maximum absolute atomic E-state index is 11.5. The average molecular weight is 332 g/mol. The van der Waals surface area contributed by atoms with E-state index in [0.29, 0.717) is 12.8 Å². The van der Waals surface area contributed by atoms with Gasteiger partial charge in [-0.3, -0.25) is 9.54 Å². The Morgan fingerprint density at radius 1 is 1.30 bits per heavy atom. The number of piperidine rings is 1. The van der Waals surface area contributed by atoms with Crippen molar-refractivity contribution in [3.05, 3.63) is 30.9 Å². The largest absolute Gasteiger partial charge is 0.368 e. The van der Waals surface area contributed by atoms with Crippen LogP contribution in [0.15, 0.2) is 30.9 Å². The second-order valence-corrected chi connectivity index (χ2v) is 7.54. The van der Waals surface area contributed by atoms with Crippen molar-refractivity contribution in [3.8, 4) is 0 Å². The van der Waals surface area contributed by atoms with Crippen LogP contribution >= 0.6 is 0 Å². The summed E-state index contributed by atoms with van der Waals surface area (Å²) in [7, 11) is -4.03. The summed E-state index contributed by atoms with van der Waals surface area (Å²) in [6.45, 7) is 1.01. The van der Waals surface area contributed by atoms with Crippen LogP contribution in [0.2, 0.25) is 0 Å². The minimum absolute atomic E-state index is 0.272. The Hall–Kier alpha value is -2.19. The van der Waals surface area contributed by atoms with Gasteiger partial charge in [0.15, 0.2) is 0 Å². The van der Waals surface area contributed by atoms with Crippen LogP contribution in [0.1, 0.15) is 12.8 Å². The number of hydrogen-bond donors (Lipinski definition) is 2. The first-order chi connectivity index (χ1) is 11.0. The van der Waals surface area contributed by atoms with Gasteiger partial charge in [-0.05, 0) is 18.9 Å². The number of H-pyrrole nitrogens is 1. The molecule has 1 unspecified atom stereocenters. The fourth-order valence-electron chi connectivity index (χ4n) is 3.30. The van der Waals surface area contributed by atoms with Crippen LogP contribution < -0.4 is 4.90 Å². The van der Waals surface area contributed by atoms with Crippen LogP contribution in [0.25, 0.3) is 21.8 Å². The average Bonchev–Trinajstić information content (AvgIpc) is 3.02. The van der Waals surface area contributed by atoms with Crippen molar-refractivity contribution in [2.24, 2.45) is 0 Å². The van der Waals surface area contributed by atoms with E-state index in [-0.39, 0.29) is 6.54 Å². The van der Waals surface area contributed by atoms with E-state index in [4.69, 9.17) is 0 Å². The first kappa shape index (κ1) is 14.4. The summed E-state index contributed by atoms with van der Waals surface area (Å²) in [6.07, 6.45) is 8.29. The topological polar surface area (TPSA) is 99.2 Å². The number of hydrogen-bond acceptors (Lipinski definition) is 5. The molecule has 0 spiro atoms. The molecule has 120 valence electrons. The van der Waals surface area contributed by atoms with Crippen LogP contribution in [0, 0.1) is 0 Å². The molecule has 0 bridgehead atoms. The van der Waals surface area contributed by atoms with Crippen LogP contribution in [-0.2, 0) is 10.1 Å². The van der Waals surface area contributed by atoms with Crippen molar-refractivity contribution in [3.63, 3.8) is 0 Å². The fourth-order valence-corrected chi connectivity index (χ4v) is 4.13. The lowest BCUT2D eigenvalue weighted by Gasteiger charge is -2.33. The Labute approximate surface area is 133 Å². The molecule has 7 nitrogen and oxygen atoms in total. The van der Waals surface area contributed by atoms with E-state index in [2.05, 4.69) is 15.0 Å². The van der Waals surface area contributed by atoms with Gasteiger partial charge in [0.05, 0.1) is 11.9 Å². The number of aromatic nitrogens is 3. The second kappa shape index (κ2) is 5.17. The summed E-state index contributed by atoms with van der Waals surface area (Å²) >= 11 is 0. The van der Waals surface area contributed by atoms with Crippen molar-refractivity contribution in [2.45, 2.75) is 18.1 Å². The van der Waals surface area contributed by atoms with E-state index in [1.807, 2.05) is 17.2 Å².